The molecule has 162 valence electrons. The number of nitrogens with two attached hydrogens (primary N) is 1. The van der Waals surface area contributed by atoms with Gasteiger partial charge in [0, 0.05) is 11.9 Å². The van der Waals surface area contributed by atoms with E-state index >= 15 is 0 Å². The predicted octanol–water partition coefficient (Wildman–Crippen LogP) is 2.44. The molecule has 3 N–H and O–H groups in total. The molecule has 0 fully saturated rings. The van der Waals surface area contributed by atoms with Crippen molar-refractivity contribution >= 4 is 44.4 Å². The number of fused-ring (bicyclic) bond motifs is 1. The number of pyridine rings is 1. The van der Waals surface area contributed by atoms with E-state index in [1.54, 1.807) is 42.5 Å². The zero-order valence-electron chi connectivity index (χ0n) is 16.5. The molecule has 31 heavy (non-hydrogen) atoms. The Balaban J connectivity index is 1.52. The first-order valence-corrected chi connectivity index (χ1v) is 11.2. The third kappa shape index (κ3) is 6.00. The van der Waals surface area contributed by atoms with Crippen LogP contribution in [0.5, 0.6) is 0 Å². The smallest absolute Gasteiger partial charge is 0.338 e. The summed E-state index contributed by atoms with van der Waals surface area (Å²) in [5.41, 5.74) is 1.76. The monoisotopic (exact) mass is 461 g/mol. The Bertz CT molecular complexity index is 1230. The van der Waals surface area contributed by atoms with E-state index in [0.717, 1.165) is 10.9 Å². The molecule has 1 unspecified atom stereocenters. The van der Waals surface area contributed by atoms with E-state index in [1.165, 1.54) is 19.1 Å². The van der Waals surface area contributed by atoms with Crippen molar-refractivity contribution < 1.29 is 22.7 Å². The molecule has 0 aliphatic carbocycles. The zero-order valence-corrected chi connectivity index (χ0v) is 18.1. The molecule has 1 atom stereocenters. The second kappa shape index (κ2) is 9.42. The van der Waals surface area contributed by atoms with Crippen molar-refractivity contribution in [2.75, 3.05) is 6.54 Å². The Morgan fingerprint density at radius 1 is 1.13 bits per heavy atom. The summed E-state index contributed by atoms with van der Waals surface area (Å²) >= 11 is 5.85. The Labute approximate surface area is 184 Å². The first-order chi connectivity index (χ1) is 14.6. The van der Waals surface area contributed by atoms with Crippen molar-refractivity contribution in [2.24, 2.45) is 5.14 Å². The topological polar surface area (TPSA) is 128 Å². The summed E-state index contributed by atoms with van der Waals surface area (Å²) < 4.78 is 27.8. The van der Waals surface area contributed by atoms with Gasteiger partial charge in [-0.2, -0.15) is 0 Å². The SMILES string of the molecule is CC(OC(=O)c1ccc2nc(Cl)ccc2c1)C(=O)NCCc1ccc(S(N)(=O)=O)cc1. The molecule has 0 bridgehead atoms. The number of amides is 1. The first-order valence-electron chi connectivity index (χ1n) is 9.30. The minimum absolute atomic E-state index is 0.0217. The van der Waals surface area contributed by atoms with Crippen LogP contribution in [-0.2, 0) is 26.0 Å². The minimum Gasteiger partial charge on any atom is -0.449 e. The maximum Gasteiger partial charge on any atom is 0.338 e. The van der Waals surface area contributed by atoms with E-state index < -0.39 is 28.0 Å². The lowest BCUT2D eigenvalue weighted by molar-refractivity contribution is -0.129. The van der Waals surface area contributed by atoms with E-state index in [9.17, 15) is 18.0 Å². The highest BCUT2D eigenvalue weighted by Gasteiger charge is 2.19. The van der Waals surface area contributed by atoms with Gasteiger partial charge in [0.1, 0.15) is 5.15 Å². The van der Waals surface area contributed by atoms with Gasteiger partial charge in [-0.25, -0.2) is 23.3 Å². The summed E-state index contributed by atoms with van der Waals surface area (Å²) in [5.74, 6) is -1.07. The molecule has 0 radical (unpaired) electrons. The van der Waals surface area contributed by atoms with Crippen LogP contribution in [0.3, 0.4) is 0 Å². The summed E-state index contributed by atoms with van der Waals surface area (Å²) in [6.45, 7) is 1.77. The van der Waals surface area contributed by atoms with Crippen molar-refractivity contribution in [3.8, 4) is 0 Å². The Morgan fingerprint density at radius 2 is 1.84 bits per heavy atom. The largest absolute Gasteiger partial charge is 0.449 e. The summed E-state index contributed by atoms with van der Waals surface area (Å²) in [6, 6.07) is 14.3. The fourth-order valence-electron chi connectivity index (χ4n) is 2.83. The molecule has 0 aliphatic rings. The number of hydrogen-bond acceptors (Lipinski definition) is 6. The lowest BCUT2D eigenvalue weighted by atomic mass is 10.1. The van der Waals surface area contributed by atoms with Crippen LogP contribution in [0.15, 0.2) is 59.5 Å². The number of sulfonamides is 1. The molecule has 1 amide bonds. The lowest BCUT2D eigenvalue weighted by Crippen LogP contribution is -2.36. The van der Waals surface area contributed by atoms with E-state index in [4.69, 9.17) is 21.5 Å². The maximum absolute atomic E-state index is 12.4. The van der Waals surface area contributed by atoms with Crippen molar-refractivity contribution in [3.63, 3.8) is 0 Å². The number of primary sulfonamides is 1. The number of esters is 1. The number of benzene rings is 2. The Kier molecular flexibility index (Phi) is 6.89. The molecule has 0 spiro atoms. The molecule has 10 heteroatoms. The van der Waals surface area contributed by atoms with Crippen LogP contribution in [0.1, 0.15) is 22.8 Å². The molecular formula is C21H20ClN3O5S. The Morgan fingerprint density at radius 3 is 2.52 bits per heavy atom. The van der Waals surface area contributed by atoms with Crippen LogP contribution in [0.4, 0.5) is 0 Å². The van der Waals surface area contributed by atoms with Crippen LogP contribution in [0.25, 0.3) is 10.9 Å². The third-order valence-electron chi connectivity index (χ3n) is 4.51. The summed E-state index contributed by atoms with van der Waals surface area (Å²) in [4.78, 5) is 28.8. The van der Waals surface area contributed by atoms with Gasteiger partial charge in [-0.3, -0.25) is 4.79 Å². The van der Waals surface area contributed by atoms with Gasteiger partial charge in [0.15, 0.2) is 6.10 Å². The van der Waals surface area contributed by atoms with Crippen molar-refractivity contribution in [1.82, 2.24) is 10.3 Å². The molecule has 0 aliphatic heterocycles. The van der Waals surface area contributed by atoms with Gasteiger partial charge in [-0.05, 0) is 61.4 Å². The second-order valence-corrected chi connectivity index (χ2v) is 8.77. The first kappa shape index (κ1) is 22.7. The number of halogens is 1. The average molecular weight is 462 g/mol. The van der Waals surface area contributed by atoms with Crippen molar-refractivity contribution in [3.05, 3.63) is 70.9 Å². The highest BCUT2D eigenvalue weighted by molar-refractivity contribution is 7.89. The molecule has 2 aromatic carbocycles. The number of nitrogens with zero attached hydrogens (tertiary/aromatic N) is 1. The van der Waals surface area contributed by atoms with Gasteiger partial charge in [-0.15, -0.1) is 0 Å². The van der Waals surface area contributed by atoms with Crippen LogP contribution in [0, 0.1) is 0 Å². The third-order valence-corrected chi connectivity index (χ3v) is 5.65. The molecule has 3 rings (SSSR count). The minimum atomic E-state index is -3.74. The van der Waals surface area contributed by atoms with Crippen LogP contribution in [0.2, 0.25) is 5.15 Å². The standard InChI is InChI=1S/C21H20ClN3O5S/c1-13(20(26)24-11-10-14-2-6-17(7-3-14)31(23,28)29)30-21(27)16-4-8-18-15(12-16)5-9-19(22)25-18/h2-9,12-13H,10-11H2,1H3,(H,24,26)(H2,23,28,29). The lowest BCUT2D eigenvalue weighted by Gasteiger charge is -2.14. The zero-order chi connectivity index (χ0) is 22.6. The molecule has 0 saturated carbocycles. The van der Waals surface area contributed by atoms with Gasteiger partial charge < -0.3 is 10.1 Å². The van der Waals surface area contributed by atoms with Crippen molar-refractivity contribution in [1.29, 1.82) is 0 Å². The van der Waals surface area contributed by atoms with Gasteiger partial charge in [-0.1, -0.05) is 23.7 Å². The van der Waals surface area contributed by atoms with E-state index in [0.29, 0.717) is 22.7 Å². The van der Waals surface area contributed by atoms with Crippen molar-refractivity contribution in [2.45, 2.75) is 24.3 Å². The summed E-state index contributed by atoms with van der Waals surface area (Å²) in [6.07, 6.45) is -0.520. The number of aromatic nitrogens is 1. The average Bonchev–Trinajstić information content (AvgIpc) is 2.72. The summed E-state index contributed by atoms with van der Waals surface area (Å²) in [7, 11) is -3.74. The molecule has 3 aromatic rings. The number of ether oxygens (including phenoxy) is 1. The van der Waals surface area contributed by atoms with Gasteiger partial charge >= 0.3 is 5.97 Å². The van der Waals surface area contributed by atoms with Gasteiger partial charge in [0.05, 0.1) is 16.0 Å². The predicted molar refractivity (Wildman–Crippen MR) is 116 cm³/mol. The van der Waals surface area contributed by atoms with Crippen LogP contribution < -0.4 is 10.5 Å². The molecule has 8 nitrogen and oxygen atoms in total. The second-order valence-electron chi connectivity index (χ2n) is 6.82. The molecule has 1 heterocycles. The highest BCUT2D eigenvalue weighted by atomic mass is 35.5. The molecule has 1 aromatic heterocycles. The fourth-order valence-corrected chi connectivity index (χ4v) is 3.50. The Hall–Kier alpha value is -3.01. The van der Waals surface area contributed by atoms with Crippen LogP contribution >= 0.6 is 11.6 Å². The normalized spacial score (nSPS) is 12.4. The summed E-state index contributed by atoms with van der Waals surface area (Å²) in [5, 5.41) is 8.83. The quantitative estimate of drug-likeness (QED) is 0.410. The van der Waals surface area contributed by atoms with Crippen LogP contribution in [-0.4, -0.2) is 37.9 Å². The number of nitrogens with one attached hydrogen (secondary N) is 1. The number of rotatable bonds is 7. The number of carbonyl (C=O) groups is 2. The highest BCUT2D eigenvalue weighted by Crippen LogP contribution is 2.18. The van der Waals surface area contributed by atoms with E-state index in [1.807, 2.05) is 0 Å². The fraction of sp³-hybridized carbons (Fsp3) is 0.190. The van der Waals surface area contributed by atoms with Gasteiger partial charge in [0.2, 0.25) is 10.0 Å². The number of carbonyl (C=O) groups excluding carboxylic acids is 2. The number of hydrogen-bond donors (Lipinski definition) is 2. The maximum atomic E-state index is 12.4. The van der Waals surface area contributed by atoms with E-state index in [2.05, 4.69) is 10.3 Å². The molecule has 0 saturated heterocycles. The van der Waals surface area contributed by atoms with Gasteiger partial charge in [0.25, 0.3) is 5.91 Å². The molecular weight excluding hydrogens is 442 g/mol. The van der Waals surface area contributed by atoms with E-state index in [-0.39, 0.29) is 11.4 Å².